The predicted molar refractivity (Wildman–Crippen MR) is 314 cm³/mol. The maximum absolute atomic E-state index is 12.5. The number of benzene rings is 3. The number of anilines is 7. The van der Waals surface area contributed by atoms with Crippen LogP contribution in [-0.4, -0.2) is 76.7 Å². The largest absolute Gasteiger partial charge is 0.373 e. The molecule has 0 unspecified atom stereocenters. The number of halogens is 3. The lowest BCUT2D eigenvalue weighted by molar-refractivity contribution is 0.102. The van der Waals surface area contributed by atoms with Gasteiger partial charge in [-0.15, -0.1) is 0 Å². The van der Waals surface area contributed by atoms with Crippen molar-refractivity contribution in [1.82, 2.24) is 55.0 Å². The van der Waals surface area contributed by atoms with Gasteiger partial charge in [0.05, 0.1) is 38.2 Å². The fraction of sp³-hybridized carbons (Fsp3) is 0.207. The maximum Gasteiger partial charge on any atom is 0.258 e. The number of hydrogen-bond acceptors (Lipinski definition) is 15. The maximum atomic E-state index is 12.5. The molecule has 6 N–H and O–H groups in total. The summed E-state index contributed by atoms with van der Waals surface area (Å²) in [5, 5.41) is 24.4. The van der Waals surface area contributed by atoms with E-state index in [9.17, 15) is 4.79 Å². The summed E-state index contributed by atoms with van der Waals surface area (Å²) in [4.78, 5) is 48.0. The van der Waals surface area contributed by atoms with Crippen LogP contribution in [-0.2, 0) is 32.2 Å². The van der Waals surface area contributed by atoms with Crippen LogP contribution in [0.2, 0.25) is 15.1 Å². The van der Waals surface area contributed by atoms with Crippen molar-refractivity contribution in [1.29, 1.82) is 0 Å². The van der Waals surface area contributed by atoms with Crippen LogP contribution in [0.5, 0.6) is 0 Å². The van der Waals surface area contributed by atoms with Gasteiger partial charge in [0.2, 0.25) is 11.9 Å². The number of allylic oxidation sites excluding steroid dienone is 1. The van der Waals surface area contributed by atoms with Crippen LogP contribution >= 0.6 is 34.8 Å². The van der Waals surface area contributed by atoms with Gasteiger partial charge >= 0.3 is 0 Å². The second kappa shape index (κ2) is 26.1. The summed E-state index contributed by atoms with van der Waals surface area (Å²) in [5.41, 5.74) is 14.1. The topological polar surface area (TPSA) is 210 Å². The summed E-state index contributed by atoms with van der Waals surface area (Å²) < 4.78 is 1.76. The van der Waals surface area contributed by atoms with Crippen molar-refractivity contribution in [3.63, 3.8) is 0 Å². The molecule has 9 aromatic rings. The van der Waals surface area contributed by atoms with E-state index in [-0.39, 0.29) is 5.91 Å². The molecular formula is C58H59Cl3N16O. The van der Waals surface area contributed by atoms with E-state index in [0.29, 0.717) is 44.8 Å². The molecule has 20 heteroatoms. The van der Waals surface area contributed by atoms with Gasteiger partial charge in [-0.1, -0.05) is 66.0 Å². The van der Waals surface area contributed by atoms with Gasteiger partial charge in [0, 0.05) is 103 Å². The van der Waals surface area contributed by atoms with Crippen molar-refractivity contribution in [2.75, 3.05) is 47.7 Å². The lowest BCUT2D eigenvalue weighted by Gasteiger charge is -2.11. The van der Waals surface area contributed by atoms with Crippen LogP contribution in [0.15, 0.2) is 134 Å². The van der Waals surface area contributed by atoms with Crippen LogP contribution in [0, 0.1) is 20.8 Å². The highest BCUT2D eigenvalue weighted by molar-refractivity contribution is 6.34. The molecule has 6 aromatic heterocycles. The Hall–Kier alpha value is -8.35. The van der Waals surface area contributed by atoms with E-state index in [2.05, 4.69) is 96.4 Å². The summed E-state index contributed by atoms with van der Waals surface area (Å²) in [6, 6.07) is 29.9. The molecule has 6 heterocycles. The lowest BCUT2D eigenvalue weighted by Crippen LogP contribution is -2.14. The lowest BCUT2D eigenvalue weighted by atomic mass is 10.1. The van der Waals surface area contributed by atoms with Gasteiger partial charge < -0.3 is 31.9 Å². The van der Waals surface area contributed by atoms with Crippen LogP contribution in [0.25, 0.3) is 16.9 Å². The normalized spacial score (nSPS) is 11.4. The Kier molecular flexibility index (Phi) is 18.7. The minimum Gasteiger partial charge on any atom is -0.373 e. The van der Waals surface area contributed by atoms with E-state index in [1.807, 2.05) is 121 Å². The molecule has 10 rings (SSSR count). The number of amides is 1. The van der Waals surface area contributed by atoms with Gasteiger partial charge in [-0.25, -0.2) is 29.6 Å². The average Bonchev–Trinajstić information content (AvgIpc) is 4.05. The van der Waals surface area contributed by atoms with Crippen LogP contribution in [0.4, 0.5) is 40.7 Å². The number of aryl methyl sites for hydroxylation is 4. The second-order valence-corrected chi connectivity index (χ2v) is 19.5. The zero-order valence-electron chi connectivity index (χ0n) is 44.3. The number of aromatic nitrogens is 10. The SMILES string of the molecule is C=C1Cc2cnc(-c3cc(Nc4nc(C)cc(NC)n4)ccc3Cl)cc2C1.CCc1cc(C)nc(Cc2ccc(Cl)c(C(=O)Nc3ccccn3)c2)n1.CNCc1cnn(-c2cc(Nc3nc(C)cc(NC)n3)ccc2Cl)c1. The van der Waals surface area contributed by atoms with Crippen molar-refractivity contribution >= 4 is 81.4 Å². The zero-order chi connectivity index (χ0) is 55.3. The van der Waals surface area contributed by atoms with Gasteiger partial charge in [-0.2, -0.15) is 15.1 Å². The number of carbonyl (C=O) groups excluding carboxylic acids is 1. The quantitative estimate of drug-likeness (QED) is 0.0528. The van der Waals surface area contributed by atoms with E-state index in [4.69, 9.17) is 34.8 Å². The van der Waals surface area contributed by atoms with Crippen molar-refractivity contribution in [3.8, 4) is 16.9 Å². The highest BCUT2D eigenvalue weighted by Crippen LogP contribution is 2.34. The average molecular weight is 1100 g/mol. The molecule has 17 nitrogen and oxygen atoms in total. The van der Waals surface area contributed by atoms with Gasteiger partial charge in [-0.05, 0) is 137 Å². The molecule has 0 atom stereocenters. The zero-order valence-corrected chi connectivity index (χ0v) is 46.6. The highest BCUT2D eigenvalue weighted by Gasteiger charge is 2.18. The summed E-state index contributed by atoms with van der Waals surface area (Å²) >= 11 is 19.0. The fourth-order valence-electron chi connectivity index (χ4n) is 8.33. The van der Waals surface area contributed by atoms with Crippen molar-refractivity contribution < 1.29 is 4.79 Å². The fourth-order valence-corrected chi connectivity index (χ4v) is 8.95. The Bertz CT molecular complexity index is 3590. The van der Waals surface area contributed by atoms with E-state index in [1.165, 1.54) is 16.7 Å². The van der Waals surface area contributed by atoms with Gasteiger partial charge in [0.1, 0.15) is 23.3 Å². The van der Waals surface area contributed by atoms with Gasteiger partial charge in [0.15, 0.2) is 0 Å². The first-order chi connectivity index (χ1) is 37.6. The number of fused-ring (bicyclic) bond motifs is 1. The summed E-state index contributed by atoms with van der Waals surface area (Å²) in [6.07, 6.45) is 10.5. The number of nitrogens with one attached hydrogen (secondary N) is 6. The number of carbonyl (C=O) groups is 1. The van der Waals surface area contributed by atoms with Gasteiger partial charge in [-0.3, -0.25) is 9.78 Å². The molecule has 1 aliphatic rings. The number of pyridine rings is 2. The molecule has 78 heavy (non-hydrogen) atoms. The molecular weight excluding hydrogens is 1040 g/mol. The summed E-state index contributed by atoms with van der Waals surface area (Å²) in [7, 11) is 5.56. The smallest absolute Gasteiger partial charge is 0.258 e. The molecule has 1 amide bonds. The van der Waals surface area contributed by atoms with E-state index in [0.717, 1.165) is 105 Å². The molecule has 0 spiro atoms. The van der Waals surface area contributed by atoms with Crippen molar-refractivity contribution in [2.24, 2.45) is 0 Å². The molecule has 1 aliphatic carbocycles. The van der Waals surface area contributed by atoms with Crippen LogP contribution in [0.3, 0.4) is 0 Å². The van der Waals surface area contributed by atoms with Crippen LogP contribution in [0.1, 0.15) is 68.1 Å². The molecule has 0 bridgehead atoms. The second-order valence-electron chi connectivity index (χ2n) is 18.2. The molecule has 0 saturated heterocycles. The Morgan fingerprint density at radius 2 is 1.32 bits per heavy atom. The standard InChI is InChI=1S/C21H20ClN5.C20H19ClN4O.C17H20ClN7/c1-12-6-14-9-19(24-11-15(14)7-12)17-10-16(4-5-18(17)22)26-21-25-13(2)8-20(23-3)27-21;1-3-15-10-13(2)23-19(24-15)12-14-7-8-17(21)16(11-14)20(26)25-18-6-4-5-9-22-18;1-11-6-16(20-3)24-17(22-11)23-13-4-5-14(18)15(7-13)25-10-12(8-19-2)9-21-25/h4-5,8-11H,1,6-7H2,2-3H3,(H2,23,25,26,27);4-11H,3,12H2,1-2H3,(H,22,25,26);4-7,9-10,19H,8H2,1-3H3,(H2,20,22,23,24). The first-order valence-corrected chi connectivity index (χ1v) is 26.2. The minimum atomic E-state index is -0.296. The van der Waals surface area contributed by atoms with Crippen molar-refractivity contribution in [2.45, 2.75) is 59.9 Å². The highest BCUT2D eigenvalue weighted by atomic mass is 35.5. The Balaban J connectivity index is 0.000000155. The first kappa shape index (κ1) is 55.9. The Morgan fingerprint density at radius 1 is 0.654 bits per heavy atom. The van der Waals surface area contributed by atoms with Crippen LogP contribution < -0.4 is 31.9 Å². The number of rotatable bonds is 15. The molecule has 3 aromatic carbocycles. The van der Waals surface area contributed by atoms with Gasteiger partial charge in [0.25, 0.3) is 5.91 Å². The summed E-state index contributed by atoms with van der Waals surface area (Å²) in [5.74, 6) is 3.50. The molecule has 0 saturated carbocycles. The molecule has 0 radical (unpaired) electrons. The monoisotopic (exact) mass is 1100 g/mol. The summed E-state index contributed by atoms with van der Waals surface area (Å²) in [6.45, 7) is 12.7. The third-order valence-corrected chi connectivity index (χ3v) is 13.0. The first-order valence-electron chi connectivity index (χ1n) is 25.0. The van der Waals surface area contributed by atoms with E-state index < -0.39 is 0 Å². The predicted octanol–water partition coefficient (Wildman–Crippen LogP) is 12.3. The molecule has 398 valence electrons. The van der Waals surface area contributed by atoms with E-state index >= 15 is 0 Å². The third kappa shape index (κ3) is 15.0. The number of nitrogens with zero attached hydrogens (tertiary/aromatic N) is 10. The minimum absolute atomic E-state index is 0.296. The molecule has 0 fully saturated rings. The number of hydrogen-bond donors (Lipinski definition) is 6. The Morgan fingerprint density at radius 3 is 1.99 bits per heavy atom. The Labute approximate surface area is 468 Å². The van der Waals surface area contributed by atoms with E-state index in [1.54, 1.807) is 41.2 Å². The third-order valence-electron chi connectivity index (χ3n) is 12.0. The molecule has 0 aliphatic heterocycles. The van der Waals surface area contributed by atoms with Crippen molar-refractivity contribution in [3.05, 3.63) is 205 Å².